The van der Waals surface area contributed by atoms with E-state index >= 15 is 0 Å². The van der Waals surface area contributed by atoms with Crippen LogP contribution in [0.3, 0.4) is 0 Å². The van der Waals surface area contributed by atoms with E-state index in [2.05, 4.69) is 46.4 Å². The normalized spacial score (nSPS) is 21.8. The lowest BCUT2D eigenvalue weighted by molar-refractivity contribution is -0.136. The van der Waals surface area contributed by atoms with Crippen molar-refractivity contribution in [1.29, 1.82) is 0 Å². The Hall–Kier alpha value is -2.67. The van der Waals surface area contributed by atoms with E-state index in [-0.39, 0.29) is 17.7 Å². The molecule has 7 nitrogen and oxygen atoms in total. The summed E-state index contributed by atoms with van der Waals surface area (Å²) in [4.78, 5) is 32.4. The Bertz CT molecular complexity index is 968. The lowest BCUT2D eigenvalue weighted by atomic mass is 9.83. The molecule has 3 heterocycles. The minimum atomic E-state index is -0.0105. The van der Waals surface area contributed by atoms with E-state index in [0.717, 1.165) is 63.1 Å². The molecule has 2 aromatic rings. The summed E-state index contributed by atoms with van der Waals surface area (Å²) in [6.45, 7) is 4.38. The molecule has 1 N–H and O–H groups in total. The maximum absolute atomic E-state index is 13.2. The van der Waals surface area contributed by atoms with Gasteiger partial charge in [-0.25, -0.2) is 0 Å². The third-order valence-electron chi connectivity index (χ3n) is 6.87. The maximum atomic E-state index is 13.2. The number of aryl methyl sites for hydroxylation is 1. The highest BCUT2D eigenvalue weighted by atomic mass is 16.2. The number of aromatic nitrogens is 2. The van der Waals surface area contributed by atoms with Gasteiger partial charge >= 0.3 is 0 Å². The molecular weight excluding hydrogens is 378 g/mol. The Labute approximate surface area is 177 Å². The van der Waals surface area contributed by atoms with E-state index in [9.17, 15) is 9.59 Å². The first-order valence-electron chi connectivity index (χ1n) is 11.0. The molecule has 1 saturated heterocycles. The Morgan fingerprint density at radius 1 is 1.03 bits per heavy atom. The van der Waals surface area contributed by atoms with E-state index in [1.807, 2.05) is 9.80 Å². The van der Waals surface area contributed by atoms with Gasteiger partial charge in [0.05, 0.1) is 18.8 Å². The zero-order valence-corrected chi connectivity index (χ0v) is 17.6. The number of likely N-dealkylation sites (N-methyl/N-ethyl adjacent to an activating group) is 1. The van der Waals surface area contributed by atoms with Crippen molar-refractivity contribution in [3.8, 4) is 0 Å². The van der Waals surface area contributed by atoms with Gasteiger partial charge in [0, 0.05) is 31.1 Å². The highest BCUT2D eigenvalue weighted by Gasteiger charge is 2.35. The summed E-state index contributed by atoms with van der Waals surface area (Å²) in [5.41, 5.74) is 4.98. The van der Waals surface area contributed by atoms with Crippen LogP contribution in [-0.2, 0) is 30.7 Å². The third kappa shape index (κ3) is 3.51. The average Bonchev–Trinajstić information content (AvgIpc) is 3.28. The summed E-state index contributed by atoms with van der Waals surface area (Å²) in [5, 5.41) is 7.36. The second-order valence-electron chi connectivity index (χ2n) is 8.88. The number of fused-ring (bicyclic) bond motifs is 2. The van der Waals surface area contributed by atoms with E-state index in [4.69, 9.17) is 0 Å². The Morgan fingerprint density at radius 3 is 2.73 bits per heavy atom. The largest absolute Gasteiger partial charge is 0.336 e. The topological polar surface area (TPSA) is 72.5 Å². The standard InChI is InChI=1S/C23H29N5O2/c1-26-9-4-10-27(12-11-26)23(30)21-19-14-28(15-20(19)24-25-21)22(29)18-8-7-16-5-2-3-6-17(16)13-18/h2-3,5-6,18H,4,7-15H2,1H3,(H,24,25). The zero-order valence-electron chi connectivity index (χ0n) is 17.6. The molecule has 1 aromatic heterocycles. The molecular formula is C23H29N5O2. The number of hydrogen-bond donors (Lipinski definition) is 1. The number of hydrogen-bond acceptors (Lipinski definition) is 4. The molecule has 2 aliphatic heterocycles. The van der Waals surface area contributed by atoms with Crippen LogP contribution in [0.5, 0.6) is 0 Å². The molecule has 7 heteroatoms. The predicted octanol–water partition coefficient (Wildman–Crippen LogP) is 1.83. The van der Waals surface area contributed by atoms with Crippen LogP contribution < -0.4 is 0 Å². The van der Waals surface area contributed by atoms with Crippen molar-refractivity contribution in [2.24, 2.45) is 5.92 Å². The summed E-state index contributed by atoms with van der Waals surface area (Å²) in [6, 6.07) is 8.43. The number of H-pyrrole nitrogens is 1. The van der Waals surface area contributed by atoms with Crippen LogP contribution in [0.15, 0.2) is 24.3 Å². The molecule has 1 fully saturated rings. The minimum Gasteiger partial charge on any atom is -0.336 e. The minimum absolute atomic E-state index is 0.0105. The average molecular weight is 408 g/mol. The summed E-state index contributed by atoms with van der Waals surface area (Å²) in [7, 11) is 2.09. The monoisotopic (exact) mass is 407 g/mol. The van der Waals surface area contributed by atoms with Gasteiger partial charge in [0.2, 0.25) is 5.91 Å². The van der Waals surface area contributed by atoms with Crippen LogP contribution in [0.1, 0.15) is 45.7 Å². The highest BCUT2D eigenvalue weighted by molar-refractivity contribution is 5.94. The first-order chi connectivity index (χ1) is 14.6. The van der Waals surface area contributed by atoms with E-state index in [0.29, 0.717) is 18.8 Å². The molecule has 5 rings (SSSR count). The fourth-order valence-electron chi connectivity index (χ4n) is 5.04. The second kappa shape index (κ2) is 7.87. The summed E-state index contributed by atoms with van der Waals surface area (Å²) in [5.74, 6) is 0.213. The number of amides is 2. The molecule has 0 spiro atoms. The van der Waals surface area contributed by atoms with E-state index in [1.54, 1.807) is 0 Å². The van der Waals surface area contributed by atoms with Crippen molar-refractivity contribution >= 4 is 11.8 Å². The van der Waals surface area contributed by atoms with Gasteiger partial charge in [-0.3, -0.25) is 14.7 Å². The molecule has 3 aliphatic rings. The number of nitrogens with one attached hydrogen (secondary N) is 1. The second-order valence-corrected chi connectivity index (χ2v) is 8.88. The van der Waals surface area contributed by atoms with Crippen molar-refractivity contribution in [3.05, 3.63) is 52.3 Å². The van der Waals surface area contributed by atoms with Gasteiger partial charge in [-0.15, -0.1) is 0 Å². The number of nitrogens with zero attached hydrogens (tertiary/aromatic N) is 4. The van der Waals surface area contributed by atoms with E-state index < -0.39 is 0 Å². The SMILES string of the molecule is CN1CCCN(C(=O)c2n[nH]c3c2CN(C(=O)C2CCc4ccccc4C2)C3)CC1. The van der Waals surface area contributed by atoms with Gasteiger partial charge in [-0.05, 0) is 50.4 Å². The number of aromatic amines is 1. The Balaban J connectivity index is 1.27. The van der Waals surface area contributed by atoms with Crippen LogP contribution in [0.2, 0.25) is 0 Å². The van der Waals surface area contributed by atoms with Gasteiger partial charge in [0.1, 0.15) is 0 Å². The maximum Gasteiger partial charge on any atom is 0.274 e. The van der Waals surface area contributed by atoms with Crippen LogP contribution in [0.4, 0.5) is 0 Å². The van der Waals surface area contributed by atoms with Crippen molar-refractivity contribution in [1.82, 2.24) is 24.9 Å². The molecule has 1 aliphatic carbocycles. The molecule has 1 unspecified atom stereocenters. The van der Waals surface area contributed by atoms with Crippen LogP contribution >= 0.6 is 0 Å². The summed E-state index contributed by atoms with van der Waals surface area (Å²) < 4.78 is 0. The van der Waals surface area contributed by atoms with Gasteiger partial charge < -0.3 is 14.7 Å². The van der Waals surface area contributed by atoms with Gasteiger partial charge in [-0.2, -0.15) is 5.10 Å². The first-order valence-corrected chi connectivity index (χ1v) is 11.0. The van der Waals surface area contributed by atoms with Crippen LogP contribution in [0.25, 0.3) is 0 Å². The lowest BCUT2D eigenvalue weighted by Crippen LogP contribution is -2.36. The molecule has 2 amide bonds. The molecule has 0 saturated carbocycles. The quantitative estimate of drug-likeness (QED) is 0.825. The fraction of sp³-hybridized carbons (Fsp3) is 0.522. The summed E-state index contributed by atoms with van der Waals surface area (Å²) >= 11 is 0. The van der Waals surface area contributed by atoms with Gasteiger partial charge in [-0.1, -0.05) is 24.3 Å². The van der Waals surface area contributed by atoms with E-state index in [1.165, 1.54) is 11.1 Å². The Kier molecular flexibility index (Phi) is 5.06. The molecule has 30 heavy (non-hydrogen) atoms. The number of rotatable bonds is 2. The molecule has 0 bridgehead atoms. The molecule has 0 radical (unpaired) electrons. The third-order valence-corrected chi connectivity index (χ3v) is 6.87. The van der Waals surface area contributed by atoms with Crippen molar-refractivity contribution in [3.63, 3.8) is 0 Å². The molecule has 1 aromatic carbocycles. The van der Waals surface area contributed by atoms with Crippen molar-refractivity contribution in [2.45, 2.75) is 38.8 Å². The first kappa shape index (κ1) is 19.3. The van der Waals surface area contributed by atoms with Crippen LogP contribution in [0, 0.1) is 5.92 Å². The van der Waals surface area contributed by atoms with Gasteiger partial charge in [0.25, 0.3) is 5.91 Å². The lowest BCUT2D eigenvalue weighted by Gasteiger charge is -2.27. The smallest absolute Gasteiger partial charge is 0.274 e. The predicted molar refractivity (Wildman–Crippen MR) is 113 cm³/mol. The van der Waals surface area contributed by atoms with Crippen molar-refractivity contribution in [2.75, 3.05) is 33.2 Å². The highest BCUT2D eigenvalue weighted by Crippen LogP contribution is 2.31. The van der Waals surface area contributed by atoms with Crippen LogP contribution in [-0.4, -0.2) is 69.9 Å². The fourth-order valence-corrected chi connectivity index (χ4v) is 5.04. The number of carbonyl (C=O) groups is 2. The van der Waals surface area contributed by atoms with Gasteiger partial charge in [0.15, 0.2) is 5.69 Å². The molecule has 158 valence electrons. The van der Waals surface area contributed by atoms with Crippen molar-refractivity contribution < 1.29 is 9.59 Å². The number of carbonyl (C=O) groups excluding carboxylic acids is 2. The summed E-state index contributed by atoms with van der Waals surface area (Å²) in [6.07, 6.45) is 3.64. The molecule has 1 atom stereocenters. The Morgan fingerprint density at radius 2 is 1.87 bits per heavy atom. The number of benzene rings is 1. The zero-order chi connectivity index (χ0) is 20.7.